The first-order valence-electron chi connectivity index (χ1n) is 4.43. The molecule has 1 heterocycles. The summed E-state index contributed by atoms with van der Waals surface area (Å²) in [6.07, 6.45) is 2.26. The van der Waals surface area contributed by atoms with E-state index in [4.69, 9.17) is 11.1 Å². The van der Waals surface area contributed by atoms with Crippen LogP contribution in [0, 0.1) is 12.3 Å². The molecule has 0 aromatic carbocycles. The van der Waals surface area contributed by atoms with Crippen molar-refractivity contribution in [1.29, 1.82) is 5.41 Å². The van der Waals surface area contributed by atoms with Gasteiger partial charge in [-0.05, 0) is 18.6 Å². The fraction of sp³-hybridized carbons (Fsp3) is 0.444. The molecule has 0 aliphatic carbocycles. The number of nitrogens with two attached hydrogens (primary N) is 1. The lowest BCUT2D eigenvalue weighted by atomic mass is 10.3. The van der Waals surface area contributed by atoms with E-state index >= 15 is 0 Å². The largest absolute Gasteiger partial charge is 0.388 e. The Hall–Kier alpha value is -1.65. The average molecular weight is 193 g/mol. The first-order valence-corrected chi connectivity index (χ1v) is 4.43. The van der Waals surface area contributed by atoms with E-state index < -0.39 is 0 Å². The first-order chi connectivity index (χ1) is 6.59. The molecule has 5 heteroatoms. The summed E-state index contributed by atoms with van der Waals surface area (Å²) in [6.45, 7) is 2.66. The summed E-state index contributed by atoms with van der Waals surface area (Å²) in [4.78, 5) is 1.93. The van der Waals surface area contributed by atoms with Gasteiger partial charge in [-0.2, -0.15) is 5.10 Å². The van der Waals surface area contributed by atoms with Gasteiger partial charge in [-0.25, -0.2) is 0 Å². The minimum atomic E-state index is 0.192. The van der Waals surface area contributed by atoms with Crippen LogP contribution >= 0.6 is 0 Å². The van der Waals surface area contributed by atoms with Gasteiger partial charge in [0.15, 0.2) is 5.82 Å². The second-order valence-electron chi connectivity index (χ2n) is 3.29. The van der Waals surface area contributed by atoms with Crippen molar-refractivity contribution >= 4 is 11.7 Å². The molecule has 0 bridgehead atoms. The minimum absolute atomic E-state index is 0.192. The Labute approximate surface area is 83.4 Å². The Morgan fingerprint density at radius 2 is 2.36 bits per heavy atom. The molecule has 0 radical (unpaired) electrons. The summed E-state index contributed by atoms with van der Waals surface area (Å²) in [5.41, 5.74) is 6.34. The number of hydrogen-bond donors (Lipinski definition) is 2. The van der Waals surface area contributed by atoms with Gasteiger partial charge in [0, 0.05) is 20.0 Å². The SMILES string of the molecule is Cc1cnnc(N(C)CCC(=N)N)c1. The van der Waals surface area contributed by atoms with Crippen molar-refractivity contribution in [3.63, 3.8) is 0 Å². The molecule has 0 fully saturated rings. The fourth-order valence-electron chi connectivity index (χ4n) is 1.04. The number of anilines is 1. The Balaban J connectivity index is 2.60. The number of amidine groups is 1. The van der Waals surface area contributed by atoms with Gasteiger partial charge in [0.2, 0.25) is 0 Å². The van der Waals surface area contributed by atoms with Crippen molar-refractivity contribution in [3.05, 3.63) is 17.8 Å². The zero-order chi connectivity index (χ0) is 10.6. The fourth-order valence-corrected chi connectivity index (χ4v) is 1.04. The normalized spacial score (nSPS) is 9.86. The van der Waals surface area contributed by atoms with E-state index in [1.165, 1.54) is 0 Å². The number of aromatic nitrogens is 2. The van der Waals surface area contributed by atoms with E-state index in [0.29, 0.717) is 13.0 Å². The van der Waals surface area contributed by atoms with Crippen LogP contribution in [0.2, 0.25) is 0 Å². The van der Waals surface area contributed by atoms with Gasteiger partial charge in [-0.3, -0.25) is 5.41 Å². The molecule has 0 spiro atoms. The second kappa shape index (κ2) is 4.55. The molecule has 1 aromatic heterocycles. The maximum absolute atomic E-state index is 7.11. The number of nitrogens with one attached hydrogen (secondary N) is 1. The van der Waals surface area contributed by atoms with Crippen LogP contribution < -0.4 is 10.6 Å². The second-order valence-corrected chi connectivity index (χ2v) is 3.29. The highest BCUT2D eigenvalue weighted by Crippen LogP contribution is 2.08. The van der Waals surface area contributed by atoms with E-state index in [0.717, 1.165) is 11.4 Å². The molecule has 14 heavy (non-hydrogen) atoms. The summed E-state index contributed by atoms with van der Waals surface area (Å²) < 4.78 is 0. The summed E-state index contributed by atoms with van der Waals surface area (Å²) >= 11 is 0. The zero-order valence-electron chi connectivity index (χ0n) is 8.49. The molecular formula is C9H15N5. The van der Waals surface area contributed by atoms with E-state index in [1.807, 2.05) is 24.9 Å². The summed E-state index contributed by atoms with van der Waals surface area (Å²) in [6, 6.07) is 1.95. The Morgan fingerprint density at radius 1 is 1.64 bits per heavy atom. The molecule has 0 unspecified atom stereocenters. The van der Waals surface area contributed by atoms with Crippen molar-refractivity contribution < 1.29 is 0 Å². The predicted octanol–water partition coefficient (Wildman–Crippen LogP) is 0.547. The molecule has 76 valence electrons. The molecule has 0 atom stereocenters. The molecule has 3 N–H and O–H groups in total. The molecule has 1 aromatic rings. The van der Waals surface area contributed by atoms with Crippen molar-refractivity contribution in [2.75, 3.05) is 18.5 Å². The summed E-state index contributed by atoms with van der Waals surface area (Å²) in [7, 11) is 1.91. The molecule has 0 amide bonds. The van der Waals surface area contributed by atoms with E-state index in [9.17, 15) is 0 Å². The van der Waals surface area contributed by atoms with Gasteiger partial charge < -0.3 is 10.6 Å². The highest BCUT2D eigenvalue weighted by Gasteiger charge is 2.03. The Bertz CT molecular complexity index is 323. The van der Waals surface area contributed by atoms with Gasteiger partial charge >= 0.3 is 0 Å². The van der Waals surface area contributed by atoms with Gasteiger partial charge in [0.25, 0.3) is 0 Å². The third-order valence-corrected chi connectivity index (χ3v) is 1.89. The van der Waals surface area contributed by atoms with E-state index in [-0.39, 0.29) is 5.84 Å². The summed E-state index contributed by atoms with van der Waals surface area (Å²) in [5, 5.41) is 14.9. The molecular weight excluding hydrogens is 178 g/mol. The zero-order valence-corrected chi connectivity index (χ0v) is 8.49. The van der Waals surface area contributed by atoms with Crippen molar-refractivity contribution in [1.82, 2.24) is 10.2 Å². The highest BCUT2D eigenvalue weighted by molar-refractivity contribution is 5.77. The standard InChI is InChI=1S/C9H15N5/c1-7-5-9(13-12-6-7)14(2)4-3-8(10)11/h5-6H,3-4H2,1-2H3,(H3,10,11). The first kappa shape index (κ1) is 10.4. The number of aryl methyl sites for hydroxylation is 1. The van der Waals surface area contributed by atoms with Gasteiger partial charge in [-0.1, -0.05) is 0 Å². The van der Waals surface area contributed by atoms with Crippen LogP contribution in [0.5, 0.6) is 0 Å². The van der Waals surface area contributed by atoms with Gasteiger partial charge in [0.05, 0.1) is 12.0 Å². The molecule has 0 aliphatic heterocycles. The van der Waals surface area contributed by atoms with Crippen molar-refractivity contribution in [3.8, 4) is 0 Å². The van der Waals surface area contributed by atoms with Gasteiger partial charge in [-0.15, -0.1) is 5.10 Å². The maximum atomic E-state index is 7.11. The molecule has 0 saturated carbocycles. The topological polar surface area (TPSA) is 78.9 Å². The smallest absolute Gasteiger partial charge is 0.151 e. The van der Waals surface area contributed by atoms with E-state index in [1.54, 1.807) is 6.20 Å². The number of nitrogens with zero attached hydrogens (tertiary/aromatic N) is 3. The number of rotatable bonds is 4. The van der Waals surface area contributed by atoms with Crippen LogP contribution in [0.4, 0.5) is 5.82 Å². The molecule has 1 rings (SSSR count). The lowest BCUT2D eigenvalue weighted by Gasteiger charge is -2.16. The molecule has 0 aliphatic rings. The van der Waals surface area contributed by atoms with Crippen LogP contribution in [0.3, 0.4) is 0 Å². The highest BCUT2D eigenvalue weighted by atomic mass is 15.2. The van der Waals surface area contributed by atoms with Crippen molar-refractivity contribution in [2.45, 2.75) is 13.3 Å². The van der Waals surface area contributed by atoms with Crippen LogP contribution in [0.15, 0.2) is 12.3 Å². The molecule has 5 nitrogen and oxygen atoms in total. The lowest BCUT2D eigenvalue weighted by Crippen LogP contribution is -2.24. The average Bonchev–Trinajstić information content (AvgIpc) is 2.14. The van der Waals surface area contributed by atoms with Crippen molar-refractivity contribution in [2.24, 2.45) is 5.73 Å². The van der Waals surface area contributed by atoms with Crippen LogP contribution in [0.25, 0.3) is 0 Å². The Kier molecular flexibility index (Phi) is 3.39. The molecule has 0 saturated heterocycles. The predicted molar refractivity (Wildman–Crippen MR) is 56.6 cm³/mol. The monoisotopic (exact) mass is 193 g/mol. The lowest BCUT2D eigenvalue weighted by molar-refractivity contribution is 0.859. The maximum Gasteiger partial charge on any atom is 0.151 e. The van der Waals surface area contributed by atoms with Crippen LogP contribution in [-0.4, -0.2) is 29.6 Å². The third-order valence-electron chi connectivity index (χ3n) is 1.89. The minimum Gasteiger partial charge on any atom is -0.388 e. The van der Waals surface area contributed by atoms with Crippen LogP contribution in [-0.2, 0) is 0 Å². The quantitative estimate of drug-likeness (QED) is 0.540. The third kappa shape index (κ3) is 3.01. The van der Waals surface area contributed by atoms with Gasteiger partial charge in [0.1, 0.15) is 0 Å². The summed E-state index contributed by atoms with van der Waals surface area (Å²) in [5.74, 6) is 1.00. The Morgan fingerprint density at radius 3 is 2.93 bits per heavy atom. The van der Waals surface area contributed by atoms with Crippen LogP contribution in [0.1, 0.15) is 12.0 Å². The van der Waals surface area contributed by atoms with E-state index in [2.05, 4.69) is 10.2 Å². The number of hydrogen-bond acceptors (Lipinski definition) is 4.